The Morgan fingerprint density at radius 3 is 2.64 bits per heavy atom. The molecular formula is C21H18N6O. The van der Waals surface area contributed by atoms with E-state index in [9.17, 15) is 0 Å². The number of fused-ring (bicyclic) bond motifs is 1. The smallest absolute Gasteiger partial charge is 0.212 e. The van der Waals surface area contributed by atoms with E-state index in [2.05, 4.69) is 31.3 Å². The molecule has 0 aliphatic heterocycles. The van der Waals surface area contributed by atoms with Gasteiger partial charge in [-0.1, -0.05) is 12.1 Å². The molecule has 0 aliphatic rings. The minimum absolute atomic E-state index is 0.555. The maximum Gasteiger partial charge on any atom is 0.212 e. The first-order chi connectivity index (χ1) is 13.7. The Hall–Kier alpha value is -3.92. The van der Waals surface area contributed by atoms with Gasteiger partial charge < -0.3 is 15.0 Å². The third kappa shape index (κ3) is 3.76. The Morgan fingerprint density at radius 1 is 1.07 bits per heavy atom. The summed E-state index contributed by atoms with van der Waals surface area (Å²) in [5.74, 6) is 1.40. The fourth-order valence-electron chi connectivity index (χ4n) is 2.95. The van der Waals surface area contributed by atoms with Crippen LogP contribution in [-0.4, -0.2) is 27.0 Å². The van der Waals surface area contributed by atoms with Gasteiger partial charge >= 0.3 is 0 Å². The van der Waals surface area contributed by atoms with Crippen LogP contribution in [0.4, 0.5) is 5.82 Å². The Labute approximate surface area is 162 Å². The van der Waals surface area contributed by atoms with Gasteiger partial charge in [0.25, 0.3) is 0 Å². The number of ether oxygens (including phenoxy) is 1. The summed E-state index contributed by atoms with van der Waals surface area (Å²) in [7, 11) is 1.60. The number of aromatic amines is 1. The quantitative estimate of drug-likeness (QED) is 0.539. The van der Waals surface area contributed by atoms with Crippen LogP contribution < -0.4 is 10.1 Å². The van der Waals surface area contributed by atoms with E-state index in [1.165, 1.54) is 0 Å². The summed E-state index contributed by atoms with van der Waals surface area (Å²) in [6, 6.07) is 11.8. The largest absolute Gasteiger partial charge is 0.481 e. The molecule has 28 heavy (non-hydrogen) atoms. The summed E-state index contributed by atoms with van der Waals surface area (Å²) in [6.45, 7) is 0.633. The average Bonchev–Trinajstić information content (AvgIpc) is 3.15. The predicted octanol–water partition coefficient (Wildman–Crippen LogP) is 3.44. The lowest BCUT2D eigenvalue weighted by atomic mass is 10.1. The normalized spacial score (nSPS) is 10.6. The van der Waals surface area contributed by atoms with Crippen LogP contribution in [0.2, 0.25) is 0 Å². The molecule has 2 N–H and O–H groups in total. The van der Waals surface area contributed by atoms with Crippen LogP contribution in [-0.2, 0) is 13.0 Å². The summed E-state index contributed by atoms with van der Waals surface area (Å²) in [5.41, 5.74) is 4.56. The van der Waals surface area contributed by atoms with E-state index in [0.29, 0.717) is 24.4 Å². The number of aromatic nitrogens is 4. The highest BCUT2D eigenvalue weighted by Crippen LogP contribution is 2.21. The maximum atomic E-state index is 9.08. The maximum absolute atomic E-state index is 9.08. The molecule has 0 atom stereocenters. The molecule has 0 radical (unpaired) electrons. The molecule has 0 spiro atoms. The number of nitriles is 1. The molecule has 0 unspecified atom stereocenters. The van der Waals surface area contributed by atoms with Crippen LogP contribution in [0, 0.1) is 11.3 Å². The zero-order valence-corrected chi connectivity index (χ0v) is 15.3. The molecule has 4 aromatic heterocycles. The van der Waals surface area contributed by atoms with Crippen LogP contribution in [0.15, 0.2) is 55.1 Å². The van der Waals surface area contributed by atoms with Gasteiger partial charge in [-0.25, -0.2) is 15.0 Å². The fourth-order valence-corrected chi connectivity index (χ4v) is 2.95. The lowest BCUT2D eigenvalue weighted by Crippen LogP contribution is -2.02. The minimum Gasteiger partial charge on any atom is -0.481 e. The van der Waals surface area contributed by atoms with Gasteiger partial charge in [0, 0.05) is 49.2 Å². The number of pyridine rings is 3. The number of nitrogens with one attached hydrogen (secondary N) is 2. The van der Waals surface area contributed by atoms with Crippen molar-refractivity contribution in [3.8, 4) is 11.9 Å². The van der Waals surface area contributed by atoms with Crippen LogP contribution in [0.5, 0.6) is 5.88 Å². The van der Waals surface area contributed by atoms with Gasteiger partial charge in [-0.05, 0) is 28.8 Å². The molecule has 0 fully saturated rings. The van der Waals surface area contributed by atoms with Crippen molar-refractivity contribution in [1.82, 2.24) is 19.9 Å². The SMILES string of the molecule is COc1ccc(CNc2ccc(Cc3c[nH]c4ncc(C#N)cc34)cn2)cn1. The van der Waals surface area contributed by atoms with Crippen LogP contribution in [0.25, 0.3) is 11.0 Å². The Kier molecular flexibility index (Phi) is 4.85. The molecule has 4 rings (SSSR count). The van der Waals surface area contributed by atoms with Gasteiger partial charge in [0.05, 0.1) is 12.7 Å². The third-order valence-electron chi connectivity index (χ3n) is 4.45. The second kappa shape index (κ2) is 7.76. The molecular weight excluding hydrogens is 352 g/mol. The molecule has 0 saturated heterocycles. The molecule has 0 saturated carbocycles. The van der Waals surface area contributed by atoms with Gasteiger partial charge in [0.2, 0.25) is 5.88 Å². The third-order valence-corrected chi connectivity index (χ3v) is 4.45. The molecule has 0 aromatic carbocycles. The Balaban J connectivity index is 1.42. The first-order valence-corrected chi connectivity index (χ1v) is 8.79. The number of anilines is 1. The summed E-state index contributed by atoms with van der Waals surface area (Å²) in [4.78, 5) is 16.1. The van der Waals surface area contributed by atoms with Crippen molar-refractivity contribution in [2.75, 3.05) is 12.4 Å². The van der Waals surface area contributed by atoms with E-state index in [1.807, 2.05) is 42.7 Å². The average molecular weight is 370 g/mol. The topological polar surface area (TPSA) is 99.5 Å². The van der Waals surface area contributed by atoms with Gasteiger partial charge in [0.1, 0.15) is 17.5 Å². The van der Waals surface area contributed by atoms with Crippen molar-refractivity contribution in [1.29, 1.82) is 5.26 Å². The highest BCUT2D eigenvalue weighted by Gasteiger charge is 2.07. The lowest BCUT2D eigenvalue weighted by molar-refractivity contribution is 0.397. The van der Waals surface area contributed by atoms with Gasteiger partial charge in [0.15, 0.2) is 0 Å². The highest BCUT2D eigenvalue weighted by molar-refractivity contribution is 5.81. The number of methoxy groups -OCH3 is 1. The minimum atomic E-state index is 0.555. The molecule has 0 aliphatic carbocycles. The number of rotatable bonds is 6. The second-order valence-corrected chi connectivity index (χ2v) is 6.34. The monoisotopic (exact) mass is 370 g/mol. The van der Waals surface area contributed by atoms with E-state index >= 15 is 0 Å². The van der Waals surface area contributed by atoms with Crippen molar-refractivity contribution in [3.63, 3.8) is 0 Å². The van der Waals surface area contributed by atoms with Crippen LogP contribution in [0.3, 0.4) is 0 Å². The molecule has 138 valence electrons. The van der Waals surface area contributed by atoms with Crippen molar-refractivity contribution >= 4 is 16.9 Å². The van der Waals surface area contributed by atoms with E-state index in [0.717, 1.165) is 33.5 Å². The van der Waals surface area contributed by atoms with Gasteiger partial charge in [-0.15, -0.1) is 0 Å². The summed E-state index contributed by atoms with van der Waals surface area (Å²) in [5, 5.41) is 13.3. The fraction of sp³-hybridized carbons (Fsp3) is 0.143. The zero-order chi connectivity index (χ0) is 19.3. The predicted molar refractivity (Wildman–Crippen MR) is 106 cm³/mol. The molecule has 7 nitrogen and oxygen atoms in total. The number of hydrogen-bond acceptors (Lipinski definition) is 6. The second-order valence-electron chi connectivity index (χ2n) is 6.34. The van der Waals surface area contributed by atoms with Crippen LogP contribution >= 0.6 is 0 Å². The summed E-state index contributed by atoms with van der Waals surface area (Å²) < 4.78 is 5.06. The molecule has 0 bridgehead atoms. The standard InChI is InChI=1S/C21H18N6O/c1-28-20-5-3-15(11-25-20)10-24-19-4-2-14(9-23-19)6-17-13-27-21-18(17)7-16(8-22)12-26-21/h2-5,7,9,11-13H,6,10H2,1H3,(H,23,24)(H,26,27). The lowest BCUT2D eigenvalue weighted by Gasteiger charge is -2.07. The van der Waals surface area contributed by atoms with Gasteiger partial charge in [-0.2, -0.15) is 5.26 Å². The first-order valence-electron chi connectivity index (χ1n) is 8.79. The van der Waals surface area contributed by atoms with E-state index in [-0.39, 0.29) is 0 Å². The van der Waals surface area contributed by atoms with Crippen molar-refractivity contribution in [2.24, 2.45) is 0 Å². The number of nitrogens with zero attached hydrogens (tertiary/aromatic N) is 4. The van der Waals surface area contributed by atoms with E-state index in [1.54, 1.807) is 19.5 Å². The Bertz CT molecular complexity index is 1130. The zero-order valence-electron chi connectivity index (χ0n) is 15.3. The Morgan fingerprint density at radius 2 is 1.93 bits per heavy atom. The molecule has 0 amide bonds. The summed E-state index contributed by atoms with van der Waals surface area (Å²) in [6.07, 6.45) is 7.85. The summed E-state index contributed by atoms with van der Waals surface area (Å²) >= 11 is 0. The van der Waals surface area contributed by atoms with E-state index in [4.69, 9.17) is 10.00 Å². The van der Waals surface area contributed by atoms with E-state index < -0.39 is 0 Å². The van der Waals surface area contributed by atoms with Gasteiger partial charge in [-0.3, -0.25) is 0 Å². The first kappa shape index (κ1) is 17.5. The number of H-pyrrole nitrogens is 1. The van der Waals surface area contributed by atoms with Crippen molar-refractivity contribution < 1.29 is 4.74 Å². The van der Waals surface area contributed by atoms with Crippen molar-refractivity contribution in [3.05, 3.63) is 77.4 Å². The number of hydrogen-bond donors (Lipinski definition) is 2. The van der Waals surface area contributed by atoms with Crippen molar-refractivity contribution in [2.45, 2.75) is 13.0 Å². The van der Waals surface area contributed by atoms with Crippen LogP contribution in [0.1, 0.15) is 22.3 Å². The molecule has 7 heteroatoms. The molecule has 4 heterocycles. The molecule has 4 aromatic rings. The highest BCUT2D eigenvalue weighted by atomic mass is 16.5.